The summed E-state index contributed by atoms with van der Waals surface area (Å²) in [5, 5.41) is 0. The van der Waals surface area contributed by atoms with Crippen LogP contribution in [0.25, 0.3) is 6.08 Å². The molecule has 1 aromatic rings. The van der Waals surface area contributed by atoms with Crippen molar-refractivity contribution in [2.45, 2.75) is 39.7 Å². The van der Waals surface area contributed by atoms with E-state index in [0.717, 1.165) is 5.75 Å². The number of benzene rings is 1. The minimum absolute atomic E-state index is 0.218. The van der Waals surface area contributed by atoms with Crippen LogP contribution in [0.5, 0.6) is 5.75 Å². The van der Waals surface area contributed by atoms with E-state index in [9.17, 15) is 0 Å². The molecule has 1 nitrogen and oxygen atoms in total. The molecule has 1 unspecified atom stereocenters. The first-order chi connectivity index (χ1) is 7.58. The maximum atomic E-state index is 6.00. The number of fused-ring (bicyclic) bond motifs is 1. The topological polar surface area (TPSA) is 9.23 Å². The first-order valence-corrected chi connectivity index (χ1v) is 6.06. The molecule has 2 rings (SSSR count). The molecule has 0 bridgehead atoms. The van der Waals surface area contributed by atoms with Crippen LogP contribution in [0.4, 0.5) is 0 Å². The van der Waals surface area contributed by atoms with Crippen molar-refractivity contribution in [1.82, 2.24) is 0 Å². The molecule has 0 aliphatic carbocycles. The molecule has 0 saturated carbocycles. The van der Waals surface area contributed by atoms with E-state index < -0.39 is 0 Å². The van der Waals surface area contributed by atoms with Crippen molar-refractivity contribution in [3.63, 3.8) is 0 Å². The zero-order valence-corrected chi connectivity index (χ0v) is 10.5. The predicted molar refractivity (Wildman–Crippen MR) is 68.8 cm³/mol. The molecule has 0 N–H and O–H groups in total. The standard InChI is InChI=1S/C15H20O/c1-10(2)13-6-5-12-7-8-14(11(3)4)16-15(12)9-13/h5-11,14H,1-4H3. The summed E-state index contributed by atoms with van der Waals surface area (Å²) in [7, 11) is 0. The van der Waals surface area contributed by atoms with Crippen LogP contribution in [0, 0.1) is 5.92 Å². The fourth-order valence-corrected chi connectivity index (χ4v) is 1.89. The molecule has 0 radical (unpaired) electrons. The summed E-state index contributed by atoms with van der Waals surface area (Å²) < 4.78 is 6.00. The molecule has 16 heavy (non-hydrogen) atoms. The van der Waals surface area contributed by atoms with E-state index in [4.69, 9.17) is 4.74 Å². The average molecular weight is 216 g/mol. The second kappa shape index (κ2) is 4.32. The third-order valence-corrected chi connectivity index (χ3v) is 3.09. The fraction of sp³-hybridized carbons (Fsp3) is 0.467. The van der Waals surface area contributed by atoms with E-state index in [0.29, 0.717) is 11.8 Å². The van der Waals surface area contributed by atoms with Crippen molar-refractivity contribution in [2.75, 3.05) is 0 Å². The van der Waals surface area contributed by atoms with Crippen LogP contribution in [0.15, 0.2) is 24.3 Å². The largest absolute Gasteiger partial charge is 0.485 e. The Kier molecular flexibility index (Phi) is 3.04. The molecule has 86 valence electrons. The Balaban J connectivity index is 2.31. The van der Waals surface area contributed by atoms with Crippen molar-refractivity contribution < 1.29 is 4.74 Å². The Morgan fingerprint density at radius 1 is 1.12 bits per heavy atom. The molecule has 0 saturated heterocycles. The lowest BCUT2D eigenvalue weighted by Gasteiger charge is -2.25. The van der Waals surface area contributed by atoms with Crippen LogP contribution in [0.1, 0.15) is 44.7 Å². The molecule has 1 aromatic carbocycles. The van der Waals surface area contributed by atoms with Gasteiger partial charge in [-0.2, -0.15) is 0 Å². The molecule has 0 amide bonds. The van der Waals surface area contributed by atoms with Gasteiger partial charge in [-0.1, -0.05) is 45.9 Å². The Hall–Kier alpha value is -1.24. The monoisotopic (exact) mass is 216 g/mol. The number of ether oxygens (including phenoxy) is 1. The van der Waals surface area contributed by atoms with Gasteiger partial charge in [0.05, 0.1) is 0 Å². The van der Waals surface area contributed by atoms with Gasteiger partial charge in [-0.25, -0.2) is 0 Å². The van der Waals surface area contributed by atoms with Gasteiger partial charge in [-0.3, -0.25) is 0 Å². The van der Waals surface area contributed by atoms with Gasteiger partial charge in [0, 0.05) is 5.56 Å². The smallest absolute Gasteiger partial charge is 0.127 e. The van der Waals surface area contributed by atoms with Gasteiger partial charge in [0.25, 0.3) is 0 Å². The molecule has 0 aromatic heterocycles. The van der Waals surface area contributed by atoms with Crippen molar-refractivity contribution in [3.05, 3.63) is 35.4 Å². The van der Waals surface area contributed by atoms with Crippen molar-refractivity contribution in [2.24, 2.45) is 5.92 Å². The summed E-state index contributed by atoms with van der Waals surface area (Å²) in [5.41, 5.74) is 2.54. The highest BCUT2D eigenvalue weighted by molar-refractivity contribution is 5.61. The van der Waals surface area contributed by atoms with Crippen LogP contribution in [-0.4, -0.2) is 6.10 Å². The van der Waals surface area contributed by atoms with Crippen molar-refractivity contribution in [1.29, 1.82) is 0 Å². The predicted octanol–water partition coefficient (Wildman–Crippen LogP) is 4.24. The summed E-state index contributed by atoms with van der Waals surface area (Å²) in [6, 6.07) is 6.52. The summed E-state index contributed by atoms with van der Waals surface area (Å²) in [4.78, 5) is 0. The molecule has 1 aliphatic rings. The second-order valence-corrected chi connectivity index (χ2v) is 5.14. The van der Waals surface area contributed by atoms with Crippen molar-refractivity contribution in [3.8, 4) is 5.75 Å². The van der Waals surface area contributed by atoms with E-state index >= 15 is 0 Å². The highest BCUT2D eigenvalue weighted by atomic mass is 16.5. The second-order valence-electron chi connectivity index (χ2n) is 5.14. The van der Waals surface area contributed by atoms with Crippen LogP contribution in [0.3, 0.4) is 0 Å². The first-order valence-electron chi connectivity index (χ1n) is 6.06. The molecule has 1 heterocycles. The highest BCUT2D eigenvalue weighted by Crippen LogP contribution is 2.31. The Bertz CT molecular complexity index is 402. The van der Waals surface area contributed by atoms with Gasteiger partial charge >= 0.3 is 0 Å². The zero-order chi connectivity index (χ0) is 11.7. The highest BCUT2D eigenvalue weighted by Gasteiger charge is 2.18. The number of hydrogen-bond donors (Lipinski definition) is 0. The number of rotatable bonds is 2. The van der Waals surface area contributed by atoms with Crippen LogP contribution in [0.2, 0.25) is 0 Å². The third kappa shape index (κ3) is 2.13. The lowest BCUT2D eigenvalue weighted by molar-refractivity contribution is 0.194. The van der Waals surface area contributed by atoms with Gasteiger partial charge in [0.2, 0.25) is 0 Å². The normalized spacial score (nSPS) is 18.8. The molecular formula is C15H20O. The van der Waals surface area contributed by atoms with Gasteiger partial charge < -0.3 is 4.74 Å². The van der Waals surface area contributed by atoms with Gasteiger partial charge in [0.1, 0.15) is 11.9 Å². The maximum absolute atomic E-state index is 6.00. The van der Waals surface area contributed by atoms with Crippen LogP contribution in [-0.2, 0) is 0 Å². The summed E-state index contributed by atoms with van der Waals surface area (Å²) in [6.07, 6.45) is 4.55. The zero-order valence-electron chi connectivity index (χ0n) is 10.5. The molecule has 0 fully saturated rings. The fourth-order valence-electron chi connectivity index (χ4n) is 1.89. The Morgan fingerprint density at radius 2 is 1.88 bits per heavy atom. The average Bonchev–Trinajstić information content (AvgIpc) is 2.27. The van der Waals surface area contributed by atoms with E-state index in [-0.39, 0.29) is 6.10 Å². The maximum Gasteiger partial charge on any atom is 0.127 e. The van der Waals surface area contributed by atoms with Crippen molar-refractivity contribution >= 4 is 6.08 Å². The SMILES string of the molecule is CC(C)c1ccc2c(c1)OC(C(C)C)C=C2. The quantitative estimate of drug-likeness (QED) is 0.718. The van der Waals surface area contributed by atoms with E-state index in [1.165, 1.54) is 11.1 Å². The van der Waals surface area contributed by atoms with Crippen LogP contribution < -0.4 is 4.74 Å². The lowest BCUT2D eigenvalue weighted by atomic mass is 9.98. The Morgan fingerprint density at radius 3 is 2.50 bits per heavy atom. The first kappa shape index (κ1) is 11.3. The minimum Gasteiger partial charge on any atom is -0.485 e. The van der Waals surface area contributed by atoms with Gasteiger partial charge in [-0.05, 0) is 29.5 Å². The number of hydrogen-bond acceptors (Lipinski definition) is 1. The summed E-state index contributed by atoms with van der Waals surface area (Å²) >= 11 is 0. The molecule has 1 atom stereocenters. The van der Waals surface area contributed by atoms with Crippen LogP contribution >= 0.6 is 0 Å². The molecular weight excluding hydrogens is 196 g/mol. The third-order valence-electron chi connectivity index (χ3n) is 3.09. The van der Waals surface area contributed by atoms with Gasteiger partial charge in [-0.15, -0.1) is 0 Å². The van der Waals surface area contributed by atoms with E-state index in [1.807, 2.05) is 0 Å². The minimum atomic E-state index is 0.218. The molecule has 1 heteroatoms. The summed E-state index contributed by atoms with van der Waals surface area (Å²) in [6.45, 7) is 8.79. The van der Waals surface area contributed by atoms with Gasteiger partial charge in [0.15, 0.2) is 0 Å². The molecule has 0 spiro atoms. The molecule has 1 aliphatic heterocycles. The Labute approximate surface area is 98.1 Å². The summed E-state index contributed by atoms with van der Waals surface area (Å²) in [5.74, 6) is 2.11. The van der Waals surface area contributed by atoms with E-state index in [2.05, 4.69) is 58.0 Å². The lowest BCUT2D eigenvalue weighted by Crippen LogP contribution is -2.22. The van der Waals surface area contributed by atoms with E-state index in [1.54, 1.807) is 0 Å².